The van der Waals surface area contributed by atoms with Gasteiger partial charge in [-0.2, -0.15) is 0 Å². The van der Waals surface area contributed by atoms with Crippen LogP contribution in [0.25, 0.3) is 0 Å². The molecule has 0 aromatic carbocycles. The lowest BCUT2D eigenvalue weighted by molar-refractivity contribution is -0.0986. The van der Waals surface area contributed by atoms with Crippen LogP contribution in [-0.4, -0.2) is 46.8 Å². The maximum absolute atomic E-state index is 8.99. The Bertz CT molecular complexity index is 94.4. The zero-order chi connectivity index (χ0) is 8.85. The van der Waals surface area contributed by atoms with Gasteiger partial charge in [0.05, 0.1) is 25.4 Å². The van der Waals surface area contributed by atoms with Gasteiger partial charge in [0.15, 0.2) is 0 Å². The fourth-order valence-electron chi connectivity index (χ4n) is 0.651. The number of ether oxygens (including phenoxy) is 1. The van der Waals surface area contributed by atoms with Crippen LogP contribution < -0.4 is 0 Å². The van der Waals surface area contributed by atoms with E-state index in [1.807, 2.05) is 0 Å². The Morgan fingerprint density at radius 1 is 1.18 bits per heavy atom. The van der Waals surface area contributed by atoms with Crippen molar-refractivity contribution in [2.75, 3.05) is 13.2 Å². The highest BCUT2D eigenvalue weighted by Gasteiger charge is 2.16. The largest absolute Gasteiger partial charge is 0.394 e. The summed E-state index contributed by atoms with van der Waals surface area (Å²) in [6.45, 7) is 2.86. The quantitative estimate of drug-likeness (QED) is 0.494. The van der Waals surface area contributed by atoms with Gasteiger partial charge in [-0.15, -0.1) is 0 Å². The zero-order valence-corrected chi connectivity index (χ0v) is 6.90. The first kappa shape index (κ1) is 10.8. The molecule has 11 heavy (non-hydrogen) atoms. The summed E-state index contributed by atoms with van der Waals surface area (Å²) >= 11 is 0. The molecular formula is C7H16O4. The minimum atomic E-state index is -0.714. The van der Waals surface area contributed by atoms with Crippen molar-refractivity contribution in [3.05, 3.63) is 0 Å². The Morgan fingerprint density at radius 3 is 2.00 bits per heavy atom. The molecule has 0 spiro atoms. The fraction of sp³-hybridized carbons (Fsp3) is 1.00. The van der Waals surface area contributed by atoms with Gasteiger partial charge >= 0.3 is 0 Å². The van der Waals surface area contributed by atoms with Gasteiger partial charge in [0.25, 0.3) is 0 Å². The van der Waals surface area contributed by atoms with Gasteiger partial charge < -0.3 is 20.1 Å². The van der Waals surface area contributed by atoms with Crippen LogP contribution in [0.15, 0.2) is 0 Å². The SMILES string of the molecule is C[C@@H](CO)O[C@H](CO)[C@@H](C)O. The summed E-state index contributed by atoms with van der Waals surface area (Å²) in [4.78, 5) is 0. The molecule has 0 aliphatic heterocycles. The van der Waals surface area contributed by atoms with Crippen molar-refractivity contribution < 1.29 is 20.1 Å². The summed E-state index contributed by atoms with van der Waals surface area (Å²) in [6, 6.07) is 0. The van der Waals surface area contributed by atoms with E-state index in [4.69, 9.17) is 20.1 Å². The molecule has 3 N–H and O–H groups in total. The number of hydrogen-bond acceptors (Lipinski definition) is 4. The third kappa shape index (κ3) is 4.31. The van der Waals surface area contributed by atoms with Crippen molar-refractivity contribution in [2.45, 2.75) is 32.2 Å². The molecule has 0 unspecified atom stereocenters. The molecule has 3 atom stereocenters. The molecule has 0 bridgehead atoms. The molecule has 0 saturated carbocycles. The average Bonchev–Trinajstić information content (AvgIpc) is 1.99. The molecule has 0 aromatic heterocycles. The Morgan fingerprint density at radius 2 is 1.73 bits per heavy atom. The highest BCUT2D eigenvalue weighted by molar-refractivity contribution is 4.64. The second-order valence-corrected chi connectivity index (χ2v) is 2.59. The van der Waals surface area contributed by atoms with Crippen molar-refractivity contribution in [1.29, 1.82) is 0 Å². The molecule has 0 radical (unpaired) electrons. The van der Waals surface area contributed by atoms with Gasteiger partial charge in [0, 0.05) is 0 Å². The predicted octanol–water partition coefficient (Wildman–Crippen LogP) is -0.875. The van der Waals surface area contributed by atoms with E-state index in [1.165, 1.54) is 6.92 Å². The van der Waals surface area contributed by atoms with Crippen molar-refractivity contribution in [3.8, 4) is 0 Å². The van der Waals surface area contributed by atoms with E-state index in [2.05, 4.69) is 0 Å². The van der Waals surface area contributed by atoms with E-state index < -0.39 is 12.2 Å². The predicted molar refractivity (Wildman–Crippen MR) is 40.2 cm³/mol. The average molecular weight is 164 g/mol. The van der Waals surface area contributed by atoms with Crippen LogP contribution in [-0.2, 0) is 4.74 Å². The van der Waals surface area contributed by atoms with Gasteiger partial charge in [-0.1, -0.05) is 0 Å². The number of aliphatic hydroxyl groups excluding tert-OH is 3. The maximum Gasteiger partial charge on any atom is 0.107 e. The second-order valence-electron chi connectivity index (χ2n) is 2.59. The van der Waals surface area contributed by atoms with E-state index in [0.717, 1.165) is 0 Å². The first-order valence-electron chi connectivity index (χ1n) is 3.67. The number of hydrogen-bond donors (Lipinski definition) is 3. The minimum absolute atomic E-state index is 0.108. The zero-order valence-electron chi connectivity index (χ0n) is 6.90. The fourth-order valence-corrected chi connectivity index (χ4v) is 0.651. The van der Waals surface area contributed by atoms with E-state index in [9.17, 15) is 0 Å². The molecule has 0 heterocycles. The van der Waals surface area contributed by atoms with Crippen LogP contribution in [0.1, 0.15) is 13.8 Å². The third-order valence-electron chi connectivity index (χ3n) is 1.38. The van der Waals surface area contributed by atoms with Gasteiger partial charge in [0.1, 0.15) is 6.10 Å². The molecule has 0 aliphatic rings. The lowest BCUT2D eigenvalue weighted by Gasteiger charge is -2.21. The highest BCUT2D eigenvalue weighted by Crippen LogP contribution is 2.01. The Hall–Kier alpha value is -0.160. The van der Waals surface area contributed by atoms with Crippen LogP contribution in [0.2, 0.25) is 0 Å². The number of aliphatic hydroxyl groups is 3. The summed E-state index contributed by atoms with van der Waals surface area (Å²) in [5.74, 6) is 0. The smallest absolute Gasteiger partial charge is 0.107 e. The maximum atomic E-state index is 8.99. The standard InChI is InChI=1S/C7H16O4/c1-5(3-8)11-7(4-9)6(2)10/h5-10H,3-4H2,1-2H3/t5-,6+,7+/m0/s1. The molecule has 0 aliphatic carbocycles. The van der Waals surface area contributed by atoms with Crippen molar-refractivity contribution in [1.82, 2.24) is 0 Å². The molecular weight excluding hydrogens is 148 g/mol. The van der Waals surface area contributed by atoms with Crippen molar-refractivity contribution >= 4 is 0 Å². The van der Waals surface area contributed by atoms with Crippen LogP contribution >= 0.6 is 0 Å². The molecule has 4 nitrogen and oxygen atoms in total. The van der Waals surface area contributed by atoms with Crippen molar-refractivity contribution in [2.24, 2.45) is 0 Å². The molecule has 0 amide bonds. The molecule has 0 aromatic rings. The summed E-state index contributed by atoms with van der Waals surface area (Å²) in [5, 5.41) is 26.2. The normalized spacial score (nSPS) is 19.4. The lowest BCUT2D eigenvalue weighted by Crippen LogP contribution is -2.34. The molecule has 0 fully saturated rings. The van der Waals surface area contributed by atoms with Gasteiger partial charge in [-0.3, -0.25) is 0 Å². The van der Waals surface area contributed by atoms with Crippen LogP contribution in [0, 0.1) is 0 Å². The molecule has 68 valence electrons. The van der Waals surface area contributed by atoms with E-state index in [0.29, 0.717) is 0 Å². The highest BCUT2D eigenvalue weighted by atomic mass is 16.5. The van der Waals surface area contributed by atoms with E-state index >= 15 is 0 Å². The van der Waals surface area contributed by atoms with Crippen LogP contribution in [0.4, 0.5) is 0 Å². The Kier molecular flexibility index (Phi) is 5.41. The number of rotatable bonds is 5. The Balaban J connectivity index is 3.68. The van der Waals surface area contributed by atoms with Crippen LogP contribution in [0.5, 0.6) is 0 Å². The first-order chi connectivity index (χ1) is 5.11. The second kappa shape index (κ2) is 5.49. The summed E-state index contributed by atoms with van der Waals surface area (Å²) in [7, 11) is 0. The third-order valence-corrected chi connectivity index (χ3v) is 1.38. The van der Waals surface area contributed by atoms with Gasteiger partial charge in [-0.25, -0.2) is 0 Å². The molecule has 0 saturated heterocycles. The van der Waals surface area contributed by atoms with Crippen molar-refractivity contribution in [3.63, 3.8) is 0 Å². The summed E-state index contributed by atoms with van der Waals surface area (Å²) in [6.07, 6.45) is -1.66. The molecule has 0 rings (SSSR count). The first-order valence-corrected chi connectivity index (χ1v) is 3.67. The van der Waals surface area contributed by atoms with Crippen LogP contribution in [0.3, 0.4) is 0 Å². The van der Waals surface area contributed by atoms with Gasteiger partial charge in [-0.05, 0) is 13.8 Å². The molecule has 4 heteroatoms. The summed E-state index contributed by atoms with van der Waals surface area (Å²) in [5.41, 5.74) is 0. The monoisotopic (exact) mass is 164 g/mol. The van der Waals surface area contributed by atoms with Gasteiger partial charge in [0.2, 0.25) is 0 Å². The van der Waals surface area contributed by atoms with E-state index in [-0.39, 0.29) is 19.3 Å². The minimum Gasteiger partial charge on any atom is -0.394 e. The lowest BCUT2D eigenvalue weighted by atomic mass is 10.2. The summed E-state index contributed by atoms with van der Waals surface area (Å²) < 4.78 is 5.06. The van der Waals surface area contributed by atoms with E-state index in [1.54, 1.807) is 6.92 Å². The Labute approximate surface area is 66.4 Å². The topological polar surface area (TPSA) is 69.9 Å².